The van der Waals surface area contributed by atoms with Gasteiger partial charge < -0.3 is 10.2 Å². The first-order chi connectivity index (χ1) is 6.70. The Morgan fingerprint density at radius 2 is 1.71 bits per heavy atom. The second kappa shape index (κ2) is 5.62. The normalized spacial score (nSPS) is 17.4. The van der Waals surface area contributed by atoms with Gasteiger partial charge in [-0.3, -0.25) is 4.79 Å². The highest BCUT2D eigenvalue weighted by molar-refractivity contribution is 5.83. The molecule has 14 heavy (non-hydrogen) atoms. The first kappa shape index (κ1) is 11.0. The number of carbonyl (C=O) groups excluding carboxylic acids is 2. The zero-order valence-corrected chi connectivity index (χ0v) is 8.71. The average Bonchev–Trinajstić information content (AvgIpc) is 2.42. The summed E-state index contributed by atoms with van der Waals surface area (Å²) in [6, 6.07) is -0.0953. The van der Waals surface area contributed by atoms with Crippen molar-refractivity contribution in [3.63, 3.8) is 0 Å². The Kier molecular flexibility index (Phi) is 4.43. The maximum absolute atomic E-state index is 11.5. The average molecular weight is 198 g/mol. The summed E-state index contributed by atoms with van der Waals surface area (Å²) in [7, 11) is 0. The Hall–Kier alpha value is -1.06. The second-order valence-electron chi connectivity index (χ2n) is 3.76. The van der Waals surface area contributed by atoms with Crippen LogP contribution < -0.4 is 5.32 Å². The lowest BCUT2D eigenvalue weighted by Crippen LogP contribution is -2.42. The minimum absolute atomic E-state index is 0.00632. The van der Waals surface area contributed by atoms with Crippen molar-refractivity contribution in [1.82, 2.24) is 10.2 Å². The largest absolute Gasteiger partial charge is 0.331 e. The molecule has 1 saturated heterocycles. The lowest BCUT2D eigenvalue weighted by Gasteiger charge is -2.20. The van der Waals surface area contributed by atoms with E-state index >= 15 is 0 Å². The van der Waals surface area contributed by atoms with Crippen LogP contribution in [0.4, 0.5) is 4.79 Å². The predicted molar refractivity (Wildman–Crippen MR) is 54.1 cm³/mol. The molecular formula is C10H18N2O2. The molecule has 2 amide bonds. The molecule has 0 atom stereocenters. The highest BCUT2D eigenvalue weighted by Crippen LogP contribution is 2.09. The Bertz CT molecular complexity index is 208. The van der Waals surface area contributed by atoms with E-state index in [1.165, 1.54) is 19.8 Å². The quantitative estimate of drug-likeness (QED) is 0.724. The molecule has 0 aromatic heterocycles. The number of amides is 2. The maximum Gasteiger partial charge on any atom is 0.317 e. The number of carbonyl (C=O) groups is 2. The van der Waals surface area contributed by atoms with Crippen LogP contribution in [0.15, 0.2) is 0 Å². The van der Waals surface area contributed by atoms with Gasteiger partial charge in [0.05, 0.1) is 6.54 Å². The maximum atomic E-state index is 11.5. The van der Waals surface area contributed by atoms with Crippen LogP contribution in [0.3, 0.4) is 0 Å². The molecule has 1 rings (SSSR count). The van der Waals surface area contributed by atoms with Crippen molar-refractivity contribution in [1.29, 1.82) is 0 Å². The first-order valence-corrected chi connectivity index (χ1v) is 5.22. The zero-order valence-electron chi connectivity index (χ0n) is 8.71. The third-order valence-corrected chi connectivity index (χ3v) is 2.38. The molecule has 1 fully saturated rings. The van der Waals surface area contributed by atoms with Crippen LogP contribution in [0.25, 0.3) is 0 Å². The molecule has 1 aliphatic rings. The number of Topliss-reactive ketones (excluding diaryl/α,β-unsaturated/α-hetero) is 1. The Morgan fingerprint density at radius 1 is 1.14 bits per heavy atom. The molecule has 0 spiro atoms. The number of nitrogens with zero attached hydrogens (tertiary/aromatic N) is 1. The number of urea groups is 1. The van der Waals surface area contributed by atoms with Gasteiger partial charge in [0.15, 0.2) is 0 Å². The zero-order chi connectivity index (χ0) is 10.4. The van der Waals surface area contributed by atoms with Gasteiger partial charge in [0, 0.05) is 13.1 Å². The van der Waals surface area contributed by atoms with Crippen LogP contribution in [0.2, 0.25) is 0 Å². The minimum atomic E-state index is -0.0953. The van der Waals surface area contributed by atoms with Gasteiger partial charge in [0.1, 0.15) is 5.78 Å². The van der Waals surface area contributed by atoms with Gasteiger partial charge in [0.25, 0.3) is 0 Å². The molecule has 4 heteroatoms. The van der Waals surface area contributed by atoms with Gasteiger partial charge in [0.2, 0.25) is 0 Å². The fraction of sp³-hybridized carbons (Fsp3) is 0.800. The highest BCUT2D eigenvalue weighted by Gasteiger charge is 2.14. The smallest absolute Gasteiger partial charge is 0.317 e. The minimum Gasteiger partial charge on any atom is -0.331 e. The molecule has 1 heterocycles. The number of ketones is 1. The van der Waals surface area contributed by atoms with Gasteiger partial charge >= 0.3 is 6.03 Å². The van der Waals surface area contributed by atoms with E-state index in [0.29, 0.717) is 0 Å². The molecule has 4 nitrogen and oxygen atoms in total. The third kappa shape index (κ3) is 3.77. The van der Waals surface area contributed by atoms with Crippen LogP contribution in [-0.2, 0) is 4.79 Å². The summed E-state index contributed by atoms with van der Waals surface area (Å²) in [4.78, 5) is 24.0. The van der Waals surface area contributed by atoms with Crippen molar-refractivity contribution >= 4 is 11.8 Å². The summed E-state index contributed by atoms with van der Waals surface area (Å²) < 4.78 is 0. The van der Waals surface area contributed by atoms with Crippen molar-refractivity contribution in [3.05, 3.63) is 0 Å². The van der Waals surface area contributed by atoms with Crippen molar-refractivity contribution in [2.24, 2.45) is 0 Å². The topological polar surface area (TPSA) is 49.4 Å². The third-order valence-electron chi connectivity index (χ3n) is 2.38. The summed E-state index contributed by atoms with van der Waals surface area (Å²) in [5, 5.41) is 2.62. The highest BCUT2D eigenvalue weighted by atomic mass is 16.2. The van der Waals surface area contributed by atoms with Crippen LogP contribution >= 0.6 is 0 Å². The fourth-order valence-corrected chi connectivity index (χ4v) is 1.59. The fourth-order valence-electron chi connectivity index (χ4n) is 1.59. The van der Waals surface area contributed by atoms with Crippen LogP contribution in [0.5, 0.6) is 0 Å². The number of likely N-dealkylation sites (tertiary alicyclic amines) is 1. The monoisotopic (exact) mass is 198 g/mol. The Labute approximate surface area is 84.7 Å². The molecule has 0 bridgehead atoms. The summed E-state index contributed by atoms with van der Waals surface area (Å²) in [6.45, 7) is 3.27. The van der Waals surface area contributed by atoms with E-state index in [0.717, 1.165) is 25.9 Å². The van der Waals surface area contributed by atoms with Crippen molar-refractivity contribution < 1.29 is 9.59 Å². The van der Waals surface area contributed by atoms with Gasteiger partial charge in [-0.05, 0) is 19.8 Å². The van der Waals surface area contributed by atoms with E-state index in [2.05, 4.69) is 5.32 Å². The molecule has 80 valence electrons. The molecule has 0 aromatic rings. The van der Waals surface area contributed by atoms with E-state index in [-0.39, 0.29) is 18.4 Å². The predicted octanol–water partition coefficient (Wildman–Crippen LogP) is 1.16. The molecule has 0 aromatic carbocycles. The second-order valence-corrected chi connectivity index (χ2v) is 3.76. The number of nitrogens with one attached hydrogen (secondary N) is 1. The standard InChI is InChI=1S/C10H18N2O2/c1-9(13)8-11-10(14)12-6-4-2-3-5-7-12/h2-8H2,1H3,(H,11,14). The van der Waals surface area contributed by atoms with Crippen LogP contribution in [0.1, 0.15) is 32.6 Å². The van der Waals surface area contributed by atoms with Crippen LogP contribution in [-0.4, -0.2) is 36.3 Å². The van der Waals surface area contributed by atoms with Crippen molar-refractivity contribution in [2.45, 2.75) is 32.6 Å². The molecule has 1 aliphatic heterocycles. The molecule has 0 radical (unpaired) electrons. The molecule has 0 saturated carbocycles. The van der Waals surface area contributed by atoms with Crippen molar-refractivity contribution in [3.8, 4) is 0 Å². The Morgan fingerprint density at radius 3 is 2.21 bits per heavy atom. The summed E-state index contributed by atoms with van der Waals surface area (Å²) >= 11 is 0. The lowest BCUT2D eigenvalue weighted by atomic mass is 10.2. The molecular weight excluding hydrogens is 180 g/mol. The molecule has 1 N–H and O–H groups in total. The van der Waals surface area contributed by atoms with E-state index < -0.39 is 0 Å². The van der Waals surface area contributed by atoms with E-state index in [1.807, 2.05) is 0 Å². The SMILES string of the molecule is CC(=O)CNC(=O)N1CCCCCC1. The molecule has 0 aliphatic carbocycles. The summed E-state index contributed by atoms with van der Waals surface area (Å²) in [5.74, 6) is -0.00632. The van der Waals surface area contributed by atoms with Crippen molar-refractivity contribution in [2.75, 3.05) is 19.6 Å². The number of hydrogen-bond donors (Lipinski definition) is 1. The number of hydrogen-bond acceptors (Lipinski definition) is 2. The first-order valence-electron chi connectivity index (χ1n) is 5.22. The van der Waals surface area contributed by atoms with Gasteiger partial charge in [-0.15, -0.1) is 0 Å². The van der Waals surface area contributed by atoms with Gasteiger partial charge in [-0.25, -0.2) is 4.79 Å². The van der Waals surface area contributed by atoms with E-state index in [9.17, 15) is 9.59 Å². The summed E-state index contributed by atoms with van der Waals surface area (Å²) in [5.41, 5.74) is 0. The Balaban J connectivity index is 2.30. The van der Waals surface area contributed by atoms with Gasteiger partial charge in [-0.2, -0.15) is 0 Å². The van der Waals surface area contributed by atoms with Gasteiger partial charge in [-0.1, -0.05) is 12.8 Å². The van der Waals surface area contributed by atoms with Crippen LogP contribution in [0, 0.1) is 0 Å². The number of rotatable bonds is 2. The lowest BCUT2D eigenvalue weighted by molar-refractivity contribution is -0.116. The molecule has 0 unspecified atom stereocenters. The van der Waals surface area contributed by atoms with E-state index in [4.69, 9.17) is 0 Å². The van der Waals surface area contributed by atoms with E-state index in [1.54, 1.807) is 4.90 Å². The summed E-state index contributed by atoms with van der Waals surface area (Å²) in [6.07, 6.45) is 4.56.